The first-order valence-corrected chi connectivity index (χ1v) is 7.58. The first-order chi connectivity index (χ1) is 10.4. The van der Waals surface area contributed by atoms with Crippen LogP contribution in [0.2, 0.25) is 0 Å². The number of rotatable bonds is 3. The number of hydrogen-bond acceptors (Lipinski definition) is 5. The standard InChI is InChI=1S/C16H25N3O3/c1-16(2,3)22-15(20)19-7-8-21-11-14(19)13(17)9-12-5-4-6-18-10-12/h4-6,10,13-14H,7-9,11,17H2,1-3H3. The highest BCUT2D eigenvalue weighted by Gasteiger charge is 2.34. The molecule has 1 aromatic rings. The molecule has 122 valence electrons. The van der Waals surface area contributed by atoms with Crippen molar-refractivity contribution in [1.29, 1.82) is 0 Å². The normalized spacial score (nSPS) is 20.5. The summed E-state index contributed by atoms with van der Waals surface area (Å²) in [5, 5.41) is 0. The van der Waals surface area contributed by atoms with Crippen molar-refractivity contribution >= 4 is 6.09 Å². The van der Waals surface area contributed by atoms with Gasteiger partial charge in [-0.2, -0.15) is 0 Å². The van der Waals surface area contributed by atoms with Crippen LogP contribution in [0.3, 0.4) is 0 Å². The maximum absolute atomic E-state index is 12.4. The molecule has 0 bridgehead atoms. The van der Waals surface area contributed by atoms with E-state index >= 15 is 0 Å². The highest BCUT2D eigenvalue weighted by molar-refractivity contribution is 5.68. The van der Waals surface area contributed by atoms with E-state index in [1.165, 1.54) is 0 Å². The van der Waals surface area contributed by atoms with Gasteiger partial charge in [-0.1, -0.05) is 6.07 Å². The van der Waals surface area contributed by atoms with Crippen molar-refractivity contribution in [2.45, 2.75) is 44.9 Å². The number of amides is 1. The van der Waals surface area contributed by atoms with Gasteiger partial charge in [-0.25, -0.2) is 4.79 Å². The number of pyridine rings is 1. The van der Waals surface area contributed by atoms with Gasteiger partial charge in [0, 0.05) is 25.0 Å². The van der Waals surface area contributed by atoms with E-state index in [0.29, 0.717) is 26.2 Å². The molecule has 6 nitrogen and oxygen atoms in total. The fourth-order valence-electron chi connectivity index (χ4n) is 2.45. The van der Waals surface area contributed by atoms with Gasteiger partial charge in [-0.05, 0) is 38.8 Å². The van der Waals surface area contributed by atoms with E-state index < -0.39 is 5.60 Å². The Balaban J connectivity index is 2.04. The van der Waals surface area contributed by atoms with Gasteiger partial charge in [0.15, 0.2) is 0 Å². The lowest BCUT2D eigenvalue weighted by atomic mass is 10.00. The molecular formula is C16H25N3O3. The Morgan fingerprint density at radius 3 is 3.00 bits per heavy atom. The Hall–Kier alpha value is -1.66. The lowest BCUT2D eigenvalue weighted by molar-refractivity contribution is -0.0378. The Morgan fingerprint density at radius 2 is 2.36 bits per heavy atom. The number of morpholine rings is 1. The molecule has 2 rings (SSSR count). The molecule has 1 aliphatic heterocycles. The summed E-state index contributed by atoms with van der Waals surface area (Å²) in [4.78, 5) is 18.1. The van der Waals surface area contributed by atoms with Gasteiger partial charge in [0.25, 0.3) is 0 Å². The summed E-state index contributed by atoms with van der Waals surface area (Å²) in [5.74, 6) is 0. The summed E-state index contributed by atoms with van der Waals surface area (Å²) in [6.45, 7) is 7.01. The third kappa shape index (κ3) is 4.68. The predicted molar refractivity (Wildman–Crippen MR) is 83.5 cm³/mol. The number of nitrogens with zero attached hydrogens (tertiary/aromatic N) is 2. The summed E-state index contributed by atoms with van der Waals surface area (Å²) >= 11 is 0. The number of carbonyl (C=O) groups is 1. The predicted octanol–water partition coefficient (Wildman–Crippen LogP) is 1.59. The Kier molecular flexibility index (Phi) is 5.37. The molecule has 1 saturated heterocycles. The zero-order valence-electron chi connectivity index (χ0n) is 13.5. The molecule has 2 atom stereocenters. The zero-order valence-corrected chi connectivity index (χ0v) is 13.5. The van der Waals surface area contributed by atoms with Crippen LogP contribution in [-0.4, -0.2) is 53.4 Å². The van der Waals surface area contributed by atoms with Crippen LogP contribution < -0.4 is 5.73 Å². The molecule has 0 saturated carbocycles. The summed E-state index contributed by atoms with van der Waals surface area (Å²) in [6.07, 6.45) is 3.83. The van der Waals surface area contributed by atoms with Gasteiger partial charge in [0.05, 0.1) is 19.3 Å². The average molecular weight is 307 g/mol. The van der Waals surface area contributed by atoms with Crippen LogP contribution in [0.5, 0.6) is 0 Å². The van der Waals surface area contributed by atoms with Crippen molar-refractivity contribution in [2.75, 3.05) is 19.8 Å². The molecule has 1 aliphatic rings. The van der Waals surface area contributed by atoms with Gasteiger partial charge in [0.1, 0.15) is 5.60 Å². The number of hydrogen-bond donors (Lipinski definition) is 1. The summed E-state index contributed by atoms with van der Waals surface area (Å²) < 4.78 is 11.0. The number of aromatic nitrogens is 1. The SMILES string of the molecule is CC(C)(C)OC(=O)N1CCOCC1C(N)Cc1cccnc1. The van der Waals surface area contributed by atoms with Crippen LogP contribution in [0.15, 0.2) is 24.5 Å². The fourth-order valence-corrected chi connectivity index (χ4v) is 2.45. The molecule has 0 spiro atoms. The summed E-state index contributed by atoms with van der Waals surface area (Å²) in [6, 6.07) is 3.44. The number of nitrogens with two attached hydrogens (primary N) is 1. The zero-order chi connectivity index (χ0) is 16.2. The maximum atomic E-state index is 12.4. The van der Waals surface area contributed by atoms with Gasteiger partial charge in [-0.15, -0.1) is 0 Å². The Labute approximate surface area is 131 Å². The van der Waals surface area contributed by atoms with Crippen molar-refractivity contribution in [3.8, 4) is 0 Å². The van der Waals surface area contributed by atoms with Crippen LogP contribution in [0.1, 0.15) is 26.3 Å². The summed E-state index contributed by atoms with van der Waals surface area (Å²) in [5.41, 5.74) is 6.84. The molecular weight excluding hydrogens is 282 g/mol. The van der Waals surface area contributed by atoms with E-state index in [0.717, 1.165) is 5.56 Å². The van der Waals surface area contributed by atoms with Gasteiger partial charge < -0.3 is 15.2 Å². The third-order valence-electron chi connectivity index (χ3n) is 3.48. The largest absolute Gasteiger partial charge is 0.444 e. The molecule has 6 heteroatoms. The third-order valence-corrected chi connectivity index (χ3v) is 3.48. The topological polar surface area (TPSA) is 77.7 Å². The second-order valence-electron chi connectivity index (χ2n) is 6.55. The van der Waals surface area contributed by atoms with Crippen LogP contribution in [0.25, 0.3) is 0 Å². The second-order valence-corrected chi connectivity index (χ2v) is 6.55. The Bertz CT molecular complexity index is 487. The lowest BCUT2D eigenvalue weighted by Gasteiger charge is -2.39. The molecule has 22 heavy (non-hydrogen) atoms. The highest BCUT2D eigenvalue weighted by atomic mass is 16.6. The van der Waals surface area contributed by atoms with Crippen molar-refractivity contribution in [3.05, 3.63) is 30.1 Å². The number of ether oxygens (including phenoxy) is 2. The smallest absolute Gasteiger partial charge is 0.410 e. The molecule has 0 aliphatic carbocycles. The van der Waals surface area contributed by atoms with Crippen molar-refractivity contribution in [3.63, 3.8) is 0 Å². The van der Waals surface area contributed by atoms with E-state index in [2.05, 4.69) is 4.98 Å². The molecule has 1 amide bonds. The van der Waals surface area contributed by atoms with Crippen LogP contribution in [-0.2, 0) is 15.9 Å². The minimum Gasteiger partial charge on any atom is -0.444 e. The molecule has 0 aromatic carbocycles. The van der Waals surface area contributed by atoms with E-state index in [-0.39, 0.29) is 18.2 Å². The quantitative estimate of drug-likeness (QED) is 0.917. The van der Waals surface area contributed by atoms with Crippen LogP contribution in [0, 0.1) is 0 Å². The minimum absolute atomic E-state index is 0.191. The van der Waals surface area contributed by atoms with E-state index in [1.807, 2.05) is 32.9 Å². The van der Waals surface area contributed by atoms with E-state index in [9.17, 15) is 4.79 Å². The summed E-state index contributed by atoms with van der Waals surface area (Å²) in [7, 11) is 0. The second kappa shape index (κ2) is 7.07. The molecule has 1 fully saturated rings. The van der Waals surface area contributed by atoms with E-state index in [1.54, 1.807) is 17.3 Å². The Morgan fingerprint density at radius 1 is 1.59 bits per heavy atom. The highest BCUT2D eigenvalue weighted by Crippen LogP contribution is 2.17. The lowest BCUT2D eigenvalue weighted by Crippen LogP contribution is -2.58. The molecule has 2 N–H and O–H groups in total. The van der Waals surface area contributed by atoms with Crippen molar-refractivity contribution in [1.82, 2.24) is 9.88 Å². The van der Waals surface area contributed by atoms with Gasteiger partial charge in [0.2, 0.25) is 0 Å². The maximum Gasteiger partial charge on any atom is 0.410 e. The van der Waals surface area contributed by atoms with Crippen molar-refractivity contribution in [2.24, 2.45) is 5.73 Å². The minimum atomic E-state index is -0.520. The molecule has 2 heterocycles. The van der Waals surface area contributed by atoms with E-state index in [4.69, 9.17) is 15.2 Å². The average Bonchev–Trinajstić information content (AvgIpc) is 2.46. The van der Waals surface area contributed by atoms with Crippen LogP contribution >= 0.6 is 0 Å². The number of carbonyl (C=O) groups excluding carboxylic acids is 1. The van der Waals surface area contributed by atoms with Gasteiger partial charge >= 0.3 is 6.09 Å². The molecule has 2 unspecified atom stereocenters. The monoisotopic (exact) mass is 307 g/mol. The van der Waals surface area contributed by atoms with Gasteiger partial charge in [-0.3, -0.25) is 9.88 Å². The first kappa shape index (κ1) is 16.7. The molecule has 1 aromatic heterocycles. The first-order valence-electron chi connectivity index (χ1n) is 7.58. The van der Waals surface area contributed by atoms with Crippen LogP contribution in [0.4, 0.5) is 4.79 Å². The van der Waals surface area contributed by atoms with Crippen molar-refractivity contribution < 1.29 is 14.3 Å². The fraction of sp³-hybridized carbons (Fsp3) is 0.625. The molecule has 0 radical (unpaired) electrons.